The summed E-state index contributed by atoms with van der Waals surface area (Å²) in [4.78, 5) is 13.5. The largest absolute Gasteiger partial charge is 0.380 e. The quantitative estimate of drug-likeness (QED) is 0.459. The van der Waals surface area contributed by atoms with Gasteiger partial charge in [-0.25, -0.2) is 5.84 Å². The van der Waals surface area contributed by atoms with Gasteiger partial charge >= 0.3 is 0 Å². The SMILES string of the molecule is CN(Cc1ccc(CC(=O)NN)cc1)C1CCOC1. The number of carbonyl (C=O) groups excluding carboxylic acids is 1. The van der Waals surface area contributed by atoms with Crippen LogP contribution in [0.25, 0.3) is 0 Å². The number of rotatable bonds is 5. The normalized spacial score (nSPS) is 18.8. The minimum absolute atomic E-state index is 0.173. The van der Waals surface area contributed by atoms with Gasteiger partial charge in [-0.15, -0.1) is 0 Å². The molecule has 0 aromatic heterocycles. The van der Waals surface area contributed by atoms with E-state index in [-0.39, 0.29) is 5.91 Å². The van der Waals surface area contributed by atoms with Crippen LogP contribution in [0.1, 0.15) is 17.5 Å². The Balaban J connectivity index is 1.89. The third kappa shape index (κ3) is 4.02. The maximum absolute atomic E-state index is 11.2. The molecular formula is C14H21N3O2. The molecule has 2 rings (SSSR count). The number of nitrogens with two attached hydrogens (primary N) is 1. The summed E-state index contributed by atoms with van der Waals surface area (Å²) >= 11 is 0. The lowest BCUT2D eigenvalue weighted by molar-refractivity contribution is -0.120. The van der Waals surface area contributed by atoms with Crippen molar-refractivity contribution in [3.8, 4) is 0 Å². The molecule has 1 saturated heterocycles. The number of hydrogen-bond donors (Lipinski definition) is 2. The summed E-state index contributed by atoms with van der Waals surface area (Å²) in [5.74, 6) is 4.89. The molecule has 1 heterocycles. The van der Waals surface area contributed by atoms with Crippen molar-refractivity contribution in [2.45, 2.75) is 25.4 Å². The lowest BCUT2D eigenvalue weighted by Gasteiger charge is -2.22. The maximum atomic E-state index is 11.2. The van der Waals surface area contributed by atoms with Crippen molar-refractivity contribution < 1.29 is 9.53 Å². The molecule has 1 aliphatic rings. The first-order valence-corrected chi connectivity index (χ1v) is 6.54. The lowest BCUT2D eigenvalue weighted by Crippen LogP contribution is -2.31. The first-order chi connectivity index (χ1) is 9.19. The zero-order valence-electron chi connectivity index (χ0n) is 11.3. The van der Waals surface area contributed by atoms with Crippen LogP contribution >= 0.6 is 0 Å². The number of nitrogens with one attached hydrogen (secondary N) is 1. The van der Waals surface area contributed by atoms with Crippen LogP contribution < -0.4 is 11.3 Å². The van der Waals surface area contributed by atoms with E-state index in [9.17, 15) is 4.79 Å². The molecule has 1 aromatic carbocycles. The molecule has 1 amide bonds. The first kappa shape index (κ1) is 14.0. The van der Waals surface area contributed by atoms with Crippen LogP contribution in [0.4, 0.5) is 0 Å². The summed E-state index contributed by atoms with van der Waals surface area (Å²) in [6.45, 7) is 2.59. The molecule has 1 atom stereocenters. The number of ether oxygens (including phenoxy) is 1. The smallest absolute Gasteiger partial charge is 0.238 e. The van der Waals surface area contributed by atoms with Crippen molar-refractivity contribution in [3.63, 3.8) is 0 Å². The Morgan fingerprint density at radius 1 is 1.42 bits per heavy atom. The summed E-state index contributed by atoms with van der Waals surface area (Å²) < 4.78 is 5.39. The predicted molar refractivity (Wildman–Crippen MR) is 73.2 cm³/mol. The number of benzene rings is 1. The van der Waals surface area contributed by atoms with Gasteiger partial charge in [0.25, 0.3) is 0 Å². The van der Waals surface area contributed by atoms with E-state index < -0.39 is 0 Å². The molecule has 0 radical (unpaired) electrons. The summed E-state index contributed by atoms with van der Waals surface area (Å²) in [7, 11) is 2.12. The van der Waals surface area contributed by atoms with Gasteiger partial charge < -0.3 is 4.74 Å². The third-order valence-corrected chi connectivity index (χ3v) is 3.51. The summed E-state index contributed by atoms with van der Waals surface area (Å²) in [5.41, 5.74) is 4.35. The minimum Gasteiger partial charge on any atom is -0.380 e. The van der Waals surface area contributed by atoms with Crippen LogP contribution in [0, 0.1) is 0 Å². The van der Waals surface area contributed by atoms with Gasteiger partial charge in [0, 0.05) is 19.2 Å². The number of likely N-dealkylation sites (N-methyl/N-ethyl adjacent to an activating group) is 1. The number of amides is 1. The molecule has 0 bridgehead atoms. The van der Waals surface area contributed by atoms with Gasteiger partial charge in [-0.3, -0.25) is 15.1 Å². The van der Waals surface area contributed by atoms with Crippen LogP contribution in [0.5, 0.6) is 0 Å². The molecule has 0 spiro atoms. The Hall–Kier alpha value is -1.43. The summed E-state index contributed by atoms with van der Waals surface area (Å²) in [6, 6.07) is 8.59. The van der Waals surface area contributed by atoms with Crippen molar-refractivity contribution >= 4 is 5.91 Å². The molecule has 5 nitrogen and oxygen atoms in total. The first-order valence-electron chi connectivity index (χ1n) is 6.54. The summed E-state index contributed by atoms with van der Waals surface area (Å²) in [6.07, 6.45) is 1.42. The standard InChI is InChI=1S/C14H21N3O2/c1-17(13-6-7-19-10-13)9-12-4-2-11(3-5-12)8-14(18)16-15/h2-5,13H,6-10,15H2,1H3,(H,16,18). The van der Waals surface area contributed by atoms with Crippen molar-refractivity contribution in [3.05, 3.63) is 35.4 Å². The predicted octanol–water partition coefficient (Wildman–Crippen LogP) is 0.440. The van der Waals surface area contributed by atoms with Gasteiger partial charge in [0.05, 0.1) is 13.0 Å². The Kier molecular flexibility index (Phi) is 4.90. The van der Waals surface area contributed by atoms with Crippen molar-refractivity contribution in [1.82, 2.24) is 10.3 Å². The van der Waals surface area contributed by atoms with Crippen LogP contribution in [-0.2, 0) is 22.5 Å². The Labute approximate surface area is 113 Å². The average Bonchev–Trinajstić information content (AvgIpc) is 2.95. The van der Waals surface area contributed by atoms with Crippen molar-refractivity contribution in [2.75, 3.05) is 20.3 Å². The van der Waals surface area contributed by atoms with Crippen molar-refractivity contribution in [2.24, 2.45) is 5.84 Å². The molecule has 5 heteroatoms. The third-order valence-electron chi connectivity index (χ3n) is 3.51. The fourth-order valence-electron chi connectivity index (χ4n) is 2.29. The van der Waals surface area contributed by atoms with Gasteiger partial charge in [0.15, 0.2) is 0 Å². The summed E-state index contributed by atoms with van der Waals surface area (Å²) in [5, 5.41) is 0. The van der Waals surface area contributed by atoms with Crippen LogP contribution in [0.2, 0.25) is 0 Å². The molecule has 0 saturated carbocycles. The molecule has 1 fully saturated rings. The van der Waals surface area contributed by atoms with E-state index in [2.05, 4.69) is 29.5 Å². The highest BCUT2D eigenvalue weighted by molar-refractivity contribution is 5.77. The Morgan fingerprint density at radius 2 is 2.11 bits per heavy atom. The molecule has 1 unspecified atom stereocenters. The molecule has 0 aliphatic carbocycles. The second kappa shape index (κ2) is 6.65. The van der Waals surface area contributed by atoms with E-state index >= 15 is 0 Å². The minimum atomic E-state index is -0.173. The van der Waals surface area contributed by atoms with Gasteiger partial charge in [0.1, 0.15) is 0 Å². The molecular weight excluding hydrogens is 242 g/mol. The maximum Gasteiger partial charge on any atom is 0.238 e. The van der Waals surface area contributed by atoms with Crippen LogP contribution in [0.3, 0.4) is 0 Å². The topological polar surface area (TPSA) is 67.6 Å². The number of hydrogen-bond acceptors (Lipinski definition) is 4. The van der Waals surface area contributed by atoms with Gasteiger partial charge in [-0.2, -0.15) is 0 Å². The highest BCUT2D eigenvalue weighted by Gasteiger charge is 2.19. The van der Waals surface area contributed by atoms with E-state index in [4.69, 9.17) is 10.6 Å². The second-order valence-electron chi connectivity index (χ2n) is 4.99. The molecule has 1 aromatic rings. The average molecular weight is 263 g/mol. The van der Waals surface area contributed by atoms with E-state index in [1.807, 2.05) is 12.1 Å². The zero-order valence-corrected chi connectivity index (χ0v) is 11.3. The van der Waals surface area contributed by atoms with Gasteiger partial charge in [0.2, 0.25) is 5.91 Å². The fourth-order valence-corrected chi connectivity index (χ4v) is 2.29. The molecule has 3 N–H and O–H groups in total. The monoisotopic (exact) mass is 263 g/mol. The van der Waals surface area contributed by atoms with Crippen molar-refractivity contribution in [1.29, 1.82) is 0 Å². The van der Waals surface area contributed by atoms with Gasteiger partial charge in [-0.1, -0.05) is 24.3 Å². The Bertz CT molecular complexity index is 413. The zero-order chi connectivity index (χ0) is 13.7. The van der Waals surface area contributed by atoms with E-state index in [0.29, 0.717) is 12.5 Å². The van der Waals surface area contributed by atoms with Gasteiger partial charge in [-0.05, 0) is 24.6 Å². The van der Waals surface area contributed by atoms with E-state index in [1.165, 1.54) is 5.56 Å². The number of hydrazine groups is 1. The fraction of sp³-hybridized carbons (Fsp3) is 0.500. The second-order valence-corrected chi connectivity index (χ2v) is 4.99. The van der Waals surface area contributed by atoms with Crippen LogP contribution in [-0.4, -0.2) is 37.1 Å². The number of nitrogens with zero attached hydrogens (tertiary/aromatic N) is 1. The highest BCUT2D eigenvalue weighted by atomic mass is 16.5. The molecule has 104 valence electrons. The molecule has 19 heavy (non-hydrogen) atoms. The Morgan fingerprint density at radius 3 is 2.68 bits per heavy atom. The van der Waals surface area contributed by atoms with E-state index in [1.54, 1.807) is 0 Å². The molecule has 1 aliphatic heterocycles. The number of carbonyl (C=O) groups is 1. The van der Waals surface area contributed by atoms with Crippen LogP contribution in [0.15, 0.2) is 24.3 Å². The highest BCUT2D eigenvalue weighted by Crippen LogP contribution is 2.14. The van der Waals surface area contributed by atoms with E-state index in [0.717, 1.165) is 31.7 Å². The lowest BCUT2D eigenvalue weighted by atomic mass is 10.1.